The summed E-state index contributed by atoms with van der Waals surface area (Å²) in [5.74, 6) is -1.55. The van der Waals surface area contributed by atoms with Crippen molar-refractivity contribution in [1.82, 2.24) is 5.32 Å². The summed E-state index contributed by atoms with van der Waals surface area (Å²) in [6.07, 6.45) is 52.7. The minimum atomic E-state index is -4.71. The number of nitrogens with zero attached hydrogens (tertiary/aromatic N) is 2. The summed E-state index contributed by atoms with van der Waals surface area (Å²) in [5, 5.41) is 7.46. The third-order valence-corrected chi connectivity index (χ3v) is 19.7. The first kappa shape index (κ1) is 79.3. The second kappa shape index (κ2) is 43.6. The van der Waals surface area contributed by atoms with Crippen molar-refractivity contribution < 1.29 is 51.7 Å². The van der Waals surface area contributed by atoms with Gasteiger partial charge in [0.05, 0.1) is 25.0 Å². The lowest BCUT2D eigenvalue weighted by atomic mass is 9.79. The minimum Gasteiger partial charge on any atom is -0.462 e. The van der Waals surface area contributed by atoms with Gasteiger partial charge in [-0.2, -0.15) is 4.58 Å². The fraction of sp³-hybridized carbons (Fsp3) is 0.549. The first-order valence-electron chi connectivity index (χ1n) is 37.0. The number of esters is 2. The van der Waals surface area contributed by atoms with Gasteiger partial charge in [0.15, 0.2) is 18.4 Å². The molecule has 4 aromatic carbocycles. The average Bonchev–Trinajstić information content (AvgIpc) is 1.59. The van der Waals surface area contributed by atoms with Gasteiger partial charge in [0, 0.05) is 66.9 Å². The second-order valence-corrected chi connectivity index (χ2v) is 28.8. The Morgan fingerprint density at radius 2 is 1.09 bits per heavy atom. The van der Waals surface area contributed by atoms with Crippen LogP contribution in [0.5, 0.6) is 0 Å². The molecule has 97 heavy (non-hydrogen) atoms. The molecule has 2 heterocycles. The second-order valence-electron chi connectivity index (χ2n) is 27.4. The fourth-order valence-corrected chi connectivity index (χ4v) is 14.2. The summed E-state index contributed by atoms with van der Waals surface area (Å²) in [6, 6.07) is 25.2. The molecule has 0 aliphatic carbocycles. The van der Waals surface area contributed by atoms with Gasteiger partial charge < -0.3 is 30.3 Å². The molecule has 0 aromatic heterocycles. The number of allylic oxidation sites excluding steroid dienone is 12. The Kier molecular flexibility index (Phi) is 35.7. The number of unbranched alkanes of at least 4 members (excludes halogenated alkanes) is 22. The number of hydrogen-bond donors (Lipinski definition) is 3. The van der Waals surface area contributed by atoms with Crippen LogP contribution in [0.15, 0.2) is 145 Å². The smallest absolute Gasteiger partial charge is 0.462 e. The highest BCUT2D eigenvalue weighted by Gasteiger charge is 2.46. The van der Waals surface area contributed by atoms with E-state index in [-0.39, 0.29) is 62.7 Å². The zero-order valence-corrected chi connectivity index (χ0v) is 60.7. The number of amides is 2. The Labute approximate surface area is 582 Å². The molecule has 0 fully saturated rings. The Hall–Kier alpha value is -6.70. The summed E-state index contributed by atoms with van der Waals surface area (Å²) in [5.41, 5.74) is 11.5. The van der Waals surface area contributed by atoms with E-state index in [9.17, 15) is 28.6 Å². The van der Waals surface area contributed by atoms with Crippen LogP contribution in [0.1, 0.15) is 245 Å². The normalized spacial score (nSPS) is 15.7. The van der Waals surface area contributed by atoms with Crippen LogP contribution in [-0.2, 0) is 53.1 Å². The van der Waals surface area contributed by atoms with Gasteiger partial charge in [-0.25, -0.2) is 4.57 Å². The zero-order valence-electron chi connectivity index (χ0n) is 59.9. The lowest BCUT2D eigenvalue weighted by molar-refractivity contribution is -0.436. The topological polar surface area (TPSA) is 187 Å². The summed E-state index contributed by atoms with van der Waals surface area (Å²) in [6.45, 7) is 12.9. The molecule has 15 heteroatoms. The maximum Gasteiger partial charge on any atom is 0.472 e. The molecule has 2 amide bonds. The number of nitrogens with one attached hydrogen (secondary N) is 1. The number of ether oxygens (including phenoxy) is 2. The standard InChI is InChI=1S/C82H117N4O10P/c1-7-9-11-13-15-17-19-21-23-25-27-29-31-36-40-52-77(89)93-64-68(96-78(90)53-41-37-32-30-28-26-24-22-20-18-16-14-12-10-8-2)65-95-97(91,92)94-63-60-84-76(88)59-62-86-72-57-55-67-47-43-45-49-70(67)80(72)82(5,6)74(86)51-39-35-33-34-38-50-73-81(3,4)79-69-48-44-42-46-66(69)54-56-71(79)85(73)61-58-75(83)87/h21-24,33-35,38-39,42-51,54-57,68H,7-20,25-32,36-37,40-41,52-53,58-65H2,1-6H3,(H3-,83,84,87,88,91,92)/p+1/b23-21-,24-22-. The number of rotatable bonds is 50. The lowest BCUT2D eigenvalue weighted by Gasteiger charge is -2.26. The van der Waals surface area contributed by atoms with Gasteiger partial charge in [-0.05, 0) is 123 Å². The molecule has 0 radical (unpaired) electrons. The van der Waals surface area contributed by atoms with E-state index < -0.39 is 37.9 Å². The molecule has 0 saturated carbocycles. The summed E-state index contributed by atoms with van der Waals surface area (Å²) in [7, 11) is -4.71. The molecule has 6 rings (SSSR count). The predicted octanol–water partition coefficient (Wildman–Crippen LogP) is 19.8. The molecule has 2 aliphatic rings. The molecule has 0 saturated heterocycles. The monoisotopic (exact) mass is 1350 g/mol. The number of primary amides is 1. The van der Waals surface area contributed by atoms with E-state index in [1.54, 1.807) is 0 Å². The van der Waals surface area contributed by atoms with Crippen LogP contribution in [0.3, 0.4) is 0 Å². The Morgan fingerprint density at radius 1 is 0.577 bits per heavy atom. The maximum atomic E-state index is 13.6. The van der Waals surface area contributed by atoms with Gasteiger partial charge in [0.1, 0.15) is 6.61 Å². The summed E-state index contributed by atoms with van der Waals surface area (Å²) in [4.78, 5) is 64.6. The molecule has 530 valence electrons. The molecule has 0 bridgehead atoms. The van der Waals surface area contributed by atoms with Gasteiger partial charge in [-0.1, -0.05) is 240 Å². The molecular formula is C82H118N4O10P+. The van der Waals surface area contributed by atoms with Crippen molar-refractivity contribution in [3.05, 3.63) is 156 Å². The Bertz CT molecular complexity index is 3370. The van der Waals surface area contributed by atoms with Crippen molar-refractivity contribution in [2.75, 3.05) is 44.4 Å². The van der Waals surface area contributed by atoms with E-state index in [0.29, 0.717) is 25.9 Å². The van der Waals surface area contributed by atoms with Crippen LogP contribution in [0.2, 0.25) is 0 Å². The number of phosphoric ester groups is 1. The van der Waals surface area contributed by atoms with Gasteiger partial charge in [-0.15, -0.1) is 0 Å². The number of benzene rings is 4. The fourth-order valence-electron chi connectivity index (χ4n) is 13.4. The lowest BCUT2D eigenvalue weighted by Crippen LogP contribution is -2.31. The van der Waals surface area contributed by atoms with Crippen molar-refractivity contribution in [3.63, 3.8) is 0 Å². The number of anilines is 1. The number of phosphoric acid groups is 1. The molecular weight excluding hydrogens is 1230 g/mol. The van der Waals surface area contributed by atoms with Crippen molar-refractivity contribution in [2.45, 2.75) is 251 Å². The highest BCUT2D eigenvalue weighted by Crippen LogP contribution is 2.51. The van der Waals surface area contributed by atoms with E-state index in [1.807, 2.05) is 42.5 Å². The van der Waals surface area contributed by atoms with E-state index in [0.717, 1.165) is 111 Å². The van der Waals surface area contributed by atoms with Gasteiger partial charge in [-0.3, -0.25) is 28.2 Å². The zero-order chi connectivity index (χ0) is 69.6. The van der Waals surface area contributed by atoms with Crippen molar-refractivity contribution in [3.8, 4) is 0 Å². The molecule has 2 unspecified atom stereocenters. The first-order valence-corrected chi connectivity index (χ1v) is 38.5. The Balaban J connectivity index is 0.985. The first-order chi connectivity index (χ1) is 47.0. The molecule has 2 aliphatic heterocycles. The van der Waals surface area contributed by atoms with E-state index >= 15 is 0 Å². The van der Waals surface area contributed by atoms with Crippen LogP contribution >= 0.6 is 7.82 Å². The maximum absolute atomic E-state index is 13.6. The van der Waals surface area contributed by atoms with E-state index in [1.165, 1.54) is 98.9 Å². The quantitative estimate of drug-likeness (QED) is 0.00954. The van der Waals surface area contributed by atoms with Crippen LogP contribution in [0.25, 0.3) is 21.5 Å². The highest BCUT2D eigenvalue weighted by molar-refractivity contribution is 7.47. The summed E-state index contributed by atoms with van der Waals surface area (Å²) < 4.78 is 37.3. The number of carbonyl (C=O) groups excluding carboxylic acids is 4. The molecule has 2 atom stereocenters. The third kappa shape index (κ3) is 27.2. The number of nitrogens with two attached hydrogens (primary N) is 1. The number of hydrogen-bond acceptors (Lipinski definition) is 10. The minimum absolute atomic E-state index is 0.0694. The predicted molar refractivity (Wildman–Crippen MR) is 400 cm³/mol. The SMILES string of the molecule is CCCCCCCC/C=C\CCCCCCCC(=O)OCC(COP(=O)(O)OCCNC(=O)CC[N+]1=C(C=CC=CC=CC=C2N(CCC(N)=O)c3ccc4ccccc4c3C2(C)C)C(C)(C)c2c1ccc1ccccc21)OC(=O)CCCCCCC/C=C\CCCCCCCC. The third-order valence-electron chi connectivity index (χ3n) is 18.7. The van der Waals surface area contributed by atoms with Gasteiger partial charge in [0.2, 0.25) is 17.5 Å². The molecule has 4 N–H and O–H groups in total. The van der Waals surface area contributed by atoms with Crippen molar-refractivity contribution >= 4 is 70.2 Å². The van der Waals surface area contributed by atoms with E-state index in [2.05, 4.69) is 153 Å². The summed E-state index contributed by atoms with van der Waals surface area (Å²) >= 11 is 0. The van der Waals surface area contributed by atoms with Crippen LogP contribution in [0, 0.1) is 0 Å². The van der Waals surface area contributed by atoms with Crippen LogP contribution in [-0.4, -0.2) is 84.5 Å². The Morgan fingerprint density at radius 3 is 1.68 bits per heavy atom. The van der Waals surface area contributed by atoms with Crippen LogP contribution < -0.4 is 16.0 Å². The highest BCUT2D eigenvalue weighted by atomic mass is 31.2. The average molecular weight is 1350 g/mol. The largest absolute Gasteiger partial charge is 0.472 e. The number of carbonyl (C=O) groups is 4. The van der Waals surface area contributed by atoms with Gasteiger partial charge in [0.25, 0.3) is 0 Å². The van der Waals surface area contributed by atoms with Gasteiger partial charge >= 0.3 is 19.8 Å². The molecule has 0 spiro atoms. The van der Waals surface area contributed by atoms with Crippen LogP contribution in [0.4, 0.5) is 11.4 Å². The molecule has 4 aromatic rings. The van der Waals surface area contributed by atoms with Crippen molar-refractivity contribution in [1.29, 1.82) is 0 Å². The molecule has 14 nitrogen and oxygen atoms in total. The number of fused-ring (bicyclic) bond motifs is 6. The van der Waals surface area contributed by atoms with Crippen molar-refractivity contribution in [2.24, 2.45) is 5.73 Å². The van der Waals surface area contributed by atoms with E-state index in [4.69, 9.17) is 24.3 Å².